The van der Waals surface area contributed by atoms with E-state index in [1.807, 2.05) is 12.1 Å². The number of rotatable bonds is 4. The Hall–Kier alpha value is -2.54. The Morgan fingerprint density at radius 2 is 2.03 bits per heavy atom. The van der Waals surface area contributed by atoms with Crippen molar-refractivity contribution < 1.29 is 4.79 Å². The minimum absolute atomic E-state index is 0.00732. The Balaban J connectivity index is 1.67. The molecule has 1 aromatic carbocycles. The van der Waals surface area contributed by atoms with Crippen molar-refractivity contribution in [2.75, 3.05) is 36.1 Å². The van der Waals surface area contributed by atoms with Crippen LogP contribution in [0.5, 0.6) is 0 Å². The molecule has 154 valence electrons. The summed E-state index contributed by atoms with van der Waals surface area (Å²) in [5.41, 5.74) is 9.59. The third kappa shape index (κ3) is 4.40. The molecule has 2 heterocycles. The molecule has 8 heteroatoms. The number of nitrogens with one attached hydrogen (secondary N) is 2. The molecular weight excluding hydrogens is 388 g/mol. The van der Waals surface area contributed by atoms with Crippen LogP contribution in [0.3, 0.4) is 0 Å². The number of nitrogens with zero attached hydrogens (tertiary/aromatic N) is 3. The fourth-order valence-electron chi connectivity index (χ4n) is 4.29. The molecule has 1 atom stereocenters. The number of anilines is 4. The van der Waals surface area contributed by atoms with Gasteiger partial charge in [0.05, 0.1) is 11.6 Å². The number of hydrogen-bond donors (Lipinski definition) is 3. The lowest BCUT2D eigenvalue weighted by Crippen LogP contribution is -2.43. The molecule has 2 aromatic rings. The van der Waals surface area contributed by atoms with Crippen molar-refractivity contribution in [2.24, 2.45) is 5.92 Å². The van der Waals surface area contributed by atoms with Crippen LogP contribution in [-0.2, 0) is 17.6 Å². The maximum atomic E-state index is 12.2. The van der Waals surface area contributed by atoms with Crippen molar-refractivity contribution in [1.29, 1.82) is 0 Å². The normalized spacial score (nSPS) is 18.8. The van der Waals surface area contributed by atoms with E-state index < -0.39 is 0 Å². The second-order valence-corrected chi connectivity index (χ2v) is 8.24. The zero-order valence-electron chi connectivity index (χ0n) is 16.7. The first-order chi connectivity index (χ1) is 14.0. The molecule has 0 saturated carbocycles. The smallest absolute Gasteiger partial charge is 0.229 e. The molecule has 0 bridgehead atoms. The molecule has 1 amide bonds. The molecule has 0 radical (unpaired) electrons. The number of nitrogens with two attached hydrogens (primary N) is 1. The molecule has 29 heavy (non-hydrogen) atoms. The first kappa shape index (κ1) is 19.8. The van der Waals surface area contributed by atoms with E-state index in [2.05, 4.69) is 15.5 Å². The van der Waals surface area contributed by atoms with Gasteiger partial charge in [-0.3, -0.25) is 4.79 Å². The van der Waals surface area contributed by atoms with Crippen molar-refractivity contribution in [1.82, 2.24) is 15.3 Å². The number of fused-ring (bicyclic) bond motifs is 1. The second-order valence-electron chi connectivity index (χ2n) is 7.80. The van der Waals surface area contributed by atoms with Crippen molar-refractivity contribution in [2.45, 2.75) is 38.5 Å². The largest absolute Gasteiger partial charge is 0.399 e. The molecule has 1 aromatic heterocycles. The van der Waals surface area contributed by atoms with Gasteiger partial charge < -0.3 is 21.3 Å². The highest BCUT2D eigenvalue weighted by Crippen LogP contribution is 2.33. The molecule has 1 fully saturated rings. The molecule has 1 aliphatic heterocycles. The van der Waals surface area contributed by atoms with Crippen molar-refractivity contribution >= 4 is 40.6 Å². The average Bonchev–Trinajstić information content (AvgIpc) is 2.72. The van der Waals surface area contributed by atoms with Gasteiger partial charge in [0.25, 0.3) is 0 Å². The lowest BCUT2D eigenvalue weighted by molar-refractivity contribution is -0.124. The molecule has 1 unspecified atom stereocenters. The monoisotopic (exact) mass is 414 g/mol. The van der Waals surface area contributed by atoms with Crippen LogP contribution < -0.4 is 21.3 Å². The highest BCUT2D eigenvalue weighted by atomic mass is 35.5. The number of piperidine rings is 1. The first-order valence-electron chi connectivity index (χ1n) is 10.2. The standard InChI is InChI=1S/C21H27ClN6O/c1-24-20(29)13-5-4-8-28(12-13)19-17-6-2-3-7-18(17)26-21(27-19)25-16-10-14(22)9-15(23)11-16/h9-11,13H,2-8,12,23H2,1H3,(H,24,29)(H,25,26,27). The SMILES string of the molecule is CNC(=O)C1CCCN(c2nc(Nc3cc(N)cc(Cl)c3)nc3c2CCCC3)C1. The summed E-state index contributed by atoms with van der Waals surface area (Å²) >= 11 is 6.14. The van der Waals surface area contributed by atoms with E-state index in [9.17, 15) is 4.79 Å². The van der Waals surface area contributed by atoms with E-state index in [1.54, 1.807) is 13.1 Å². The van der Waals surface area contributed by atoms with Gasteiger partial charge in [0.2, 0.25) is 11.9 Å². The lowest BCUT2D eigenvalue weighted by Gasteiger charge is -2.35. The highest BCUT2D eigenvalue weighted by Gasteiger charge is 2.29. The highest BCUT2D eigenvalue weighted by molar-refractivity contribution is 6.31. The molecular formula is C21H27ClN6O. The van der Waals surface area contributed by atoms with Gasteiger partial charge in [-0.25, -0.2) is 4.98 Å². The predicted octanol–water partition coefficient (Wildman–Crippen LogP) is 3.30. The molecule has 2 aliphatic rings. The van der Waals surface area contributed by atoms with Crippen molar-refractivity contribution in [3.05, 3.63) is 34.5 Å². The Bertz CT molecular complexity index is 898. The van der Waals surface area contributed by atoms with E-state index in [1.165, 1.54) is 5.56 Å². The third-order valence-corrected chi connectivity index (χ3v) is 5.89. The summed E-state index contributed by atoms with van der Waals surface area (Å²) in [6.07, 6.45) is 6.10. The van der Waals surface area contributed by atoms with Crippen LogP contribution in [0.15, 0.2) is 18.2 Å². The second kappa shape index (κ2) is 8.45. The van der Waals surface area contributed by atoms with E-state index in [0.717, 1.165) is 62.3 Å². The van der Waals surface area contributed by atoms with Crippen LogP contribution in [0.2, 0.25) is 5.02 Å². The van der Waals surface area contributed by atoms with Gasteiger partial charge in [0, 0.05) is 42.1 Å². The molecule has 0 spiro atoms. The van der Waals surface area contributed by atoms with E-state index >= 15 is 0 Å². The number of nitrogen functional groups attached to an aromatic ring is 1. The van der Waals surface area contributed by atoms with Crippen LogP contribution in [0.25, 0.3) is 0 Å². The third-order valence-electron chi connectivity index (χ3n) is 5.68. The number of carbonyl (C=O) groups excluding carboxylic acids is 1. The Labute approximate surface area is 176 Å². The van der Waals surface area contributed by atoms with Gasteiger partial charge in [-0.2, -0.15) is 4.98 Å². The lowest BCUT2D eigenvalue weighted by atomic mass is 9.93. The van der Waals surface area contributed by atoms with E-state index in [0.29, 0.717) is 23.2 Å². The average molecular weight is 415 g/mol. The van der Waals surface area contributed by atoms with Gasteiger partial charge in [0.15, 0.2) is 0 Å². The number of amides is 1. The zero-order chi connectivity index (χ0) is 20.4. The van der Waals surface area contributed by atoms with Gasteiger partial charge in [-0.15, -0.1) is 0 Å². The van der Waals surface area contributed by atoms with Gasteiger partial charge in [-0.05, 0) is 56.7 Å². The van der Waals surface area contributed by atoms with Crippen LogP contribution in [-0.4, -0.2) is 36.0 Å². The summed E-state index contributed by atoms with van der Waals surface area (Å²) in [6.45, 7) is 1.59. The fraction of sp³-hybridized carbons (Fsp3) is 0.476. The first-order valence-corrected chi connectivity index (χ1v) is 10.6. The van der Waals surface area contributed by atoms with Gasteiger partial charge in [-0.1, -0.05) is 11.6 Å². The summed E-state index contributed by atoms with van der Waals surface area (Å²) < 4.78 is 0. The maximum absolute atomic E-state index is 12.2. The summed E-state index contributed by atoms with van der Waals surface area (Å²) in [5, 5.41) is 6.62. The quantitative estimate of drug-likeness (QED) is 0.664. The summed E-state index contributed by atoms with van der Waals surface area (Å²) in [4.78, 5) is 24.1. The molecule has 4 rings (SSSR count). The Morgan fingerprint density at radius 1 is 1.21 bits per heavy atom. The minimum atomic E-state index is -0.00732. The summed E-state index contributed by atoms with van der Waals surface area (Å²) in [5.74, 6) is 1.60. The zero-order valence-corrected chi connectivity index (χ0v) is 17.4. The number of aryl methyl sites for hydroxylation is 1. The van der Waals surface area contributed by atoms with E-state index in [4.69, 9.17) is 27.3 Å². The Kier molecular flexibility index (Phi) is 5.76. The molecule has 4 N–H and O–H groups in total. The number of hydrogen-bond acceptors (Lipinski definition) is 6. The number of aromatic nitrogens is 2. The predicted molar refractivity (Wildman–Crippen MR) is 117 cm³/mol. The van der Waals surface area contributed by atoms with Crippen LogP contribution >= 0.6 is 11.6 Å². The van der Waals surface area contributed by atoms with Crippen LogP contribution in [0, 0.1) is 5.92 Å². The number of carbonyl (C=O) groups is 1. The summed E-state index contributed by atoms with van der Waals surface area (Å²) in [6, 6.07) is 5.33. The summed E-state index contributed by atoms with van der Waals surface area (Å²) in [7, 11) is 1.70. The maximum Gasteiger partial charge on any atom is 0.229 e. The van der Waals surface area contributed by atoms with Gasteiger partial charge >= 0.3 is 0 Å². The molecule has 7 nitrogen and oxygen atoms in total. The van der Waals surface area contributed by atoms with Crippen LogP contribution in [0.1, 0.15) is 36.9 Å². The molecule has 1 aliphatic carbocycles. The molecule has 1 saturated heterocycles. The van der Waals surface area contributed by atoms with Gasteiger partial charge in [0.1, 0.15) is 5.82 Å². The van der Waals surface area contributed by atoms with Crippen LogP contribution in [0.4, 0.5) is 23.1 Å². The van der Waals surface area contributed by atoms with Crippen molar-refractivity contribution in [3.63, 3.8) is 0 Å². The van der Waals surface area contributed by atoms with Crippen molar-refractivity contribution in [3.8, 4) is 0 Å². The number of benzene rings is 1. The van der Waals surface area contributed by atoms with E-state index in [-0.39, 0.29) is 11.8 Å². The number of halogens is 1. The minimum Gasteiger partial charge on any atom is -0.399 e. The topological polar surface area (TPSA) is 96.2 Å². The fourth-order valence-corrected chi connectivity index (χ4v) is 4.54. The Morgan fingerprint density at radius 3 is 2.83 bits per heavy atom.